The second kappa shape index (κ2) is 6.34. The van der Waals surface area contributed by atoms with Crippen molar-refractivity contribution in [1.29, 1.82) is 0 Å². The summed E-state index contributed by atoms with van der Waals surface area (Å²) in [6.07, 6.45) is 6.81. The van der Waals surface area contributed by atoms with Crippen LogP contribution < -0.4 is 0 Å². The van der Waals surface area contributed by atoms with E-state index in [1.54, 1.807) is 4.90 Å². The highest BCUT2D eigenvalue weighted by Gasteiger charge is 2.40. The van der Waals surface area contributed by atoms with Crippen LogP contribution in [0.5, 0.6) is 0 Å². The Bertz CT molecular complexity index is 581. The first-order valence-electron chi connectivity index (χ1n) is 7.87. The minimum Gasteiger partial charge on any atom is -0.481 e. The van der Waals surface area contributed by atoms with E-state index in [0.29, 0.717) is 25.4 Å². The Hall–Kier alpha value is -2.10. The van der Waals surface area contributed by atoms with Crippen molar-refractivity contribution in [3.8, 4) is 0 Å². The van der Waals surface area contributed by atoms with Gasteiger partial charge in [-0.15, -0.1) is 0 Å². The number of rotatable bonds is 4. The lowest BCUT2D eigenvalue weighted by molar-refractivity contribution is -0.141. The normalized spacial score (nSPS) is 27.3. The topological polar surface area (TPSA) is 57.6 Å². The van der Waals surface area contributed by atoms with Crippen LogP contribution in [-0.2, 0) is 9.59 Å². The number of carboxylic acid groups (broad SMARTS) is 1. The zero-order chi connectivity index (χ0) is 15.5. The van der Waals surface area contributed by atoms with E-state index in [4.69, 9.17) is 0 Å². The fraction of sp³-hybridized carbons (Fsp3) is 0.444. The fourth-order valence-electron chi connectivity index (χ4n) is 3.51. The molecule has 1 fully saturated rings. The number of likely N-dealkylation sites (tertiary alicyclic amines) is 1. The maximum atomic E-state index is 12.4. The highest BCUT2D eigenvalue weighted by Crippen LogP contribution is 2.34. The van der Waals surface area contributed by atoms with Crippen LogP contribution in [0.4, 0.5) is 0 Å². The summed E-state index contributed by atoms with van der Waals surface area (Å²) < 4.78 is 0. The summed E-state index contributed by atoms with van der Waals surface area (Å²) in [6, 6.07) is 9.66. The third-order valence-electron chi connectivity index (χ3n) is 4.77. The average Bonchev–Trinajstić information content (AvgIpc) is 3.17. The van der Waals surface area contributed by atoms with Crippen LogP contribution in [0.3, 0.4) is 0 Å². The Balaban J connectivity index is 1.71. The van der Waals surface area contributed by atoms with Gasteiger partial charge in [-0.05, 0) is 24.3 Å². The lowest BCUT2D eigenvalue weighted by atomic mass is 9.89. The summed E-state index contributed by atoms with van der Waals surface area (Å²) in [4.78, 5) is 25.7. The van der Waals surface area contributed by atoms with E-state index in [1.807, 2.05) is 30.3 Å². The van der Waals surface area contributed by atoms with Gasteiger partial charge in [0.1, 0.15) is 0 Å². The highest BCUT2D eigenvalue weighted by molar-refractivity contribution is 5.80. The molecule has 116 valence electrons. The summed E-state index contributed by atoms with van der Waals surface area (Å²) in [7, 11) is 0. The Labute approximate surface area is 130 Å². The standard InChI is InChI=1S/C18H21NO3/c20-17(10-13-6-4-5-7-13)19-11-15(16(12-19)18(21)22)14-8-2-1-3-9-14/h1-4,6,8-9,13,15-16H,5,7,10-12H2,(H,21,22)/t13?,15-,16-/m1/s1. The summed E-state index contributed by atoms with van der Waals surface area (Å²) in [5, 5.41) is 9.48. The van der Waals surface area contributed by atoms with Crippen LogP contribution in [0.2, 0.25) is 0 Å². The third kappa shape index (κ3) is 3.06. The summed E-state index contributed by atoms with van der Waals surface area (Å²) >= 11 is 0. The summed E-state index contributed by atoms with van der Waals surface area (Å²) in [5.41, 5.74) is 1.01. The average molecular weight is 299 g/mol. The van der Waals surface area contributed by atoms with E-state index < -0.39 is 11.9 Å². The van der Waals surface area contributed by atoms with E-state index in [9.17, 15) is 14.7 Å². The molecule has 3 rings (SSSR count). The number of carbonyl (C=O) groups is 2. The summed E-state index contributed by atoms with van der Waals surface area (Å²) in [6.45, 7) is 0.834. The molecule has 22 heavy (non-hydrogen) atoms. The van der Waals surface area contributed by atoms with E-state index in [2.05, 4.69) is 12.2 Å². The maximum Gasteiger partial charge on any atom is 0.308 e. The molecule has 1 unspecified atom stereocenters. The van der Waals surface area contributed by atoms with Gasteiger partial charge in [0, 0.05) is 25.4 Å². The van der Waals surface area contributed by atoms with Gasteiger partial charge in [0.2, 0.25) is 5.91 Å². The maximum absolute atomic E-state index is 12.4. The first kappa shape index (κ1) is 14.8. The first-order valence-corrected chi connectivity index (χ1v) is 7.87. The molecule has 0 aromatic heterocycles. The molecule has 0 bridgehead atoms. The van der Waals surface area contributed by atoms with Crippen LogP contribution in [0.15, 0.2) is 42.5 Å². The Kier molecular flexibility index (Phi) is 4.27. The van der Waals surface area contributed by atoms with Gasteiger partial charge in [0.25, 0.3) is 0 Å². The van der Waals surface area contributed by atoms with Gasteiger partial charge in [-0.1, -0.05) is 42.5 Å². The first-order chi connectivity index (χ1) is 10.6. The second-order valence-electron chi connectivity index (χ2n) is 6.23. The second-order valence-corrected chi connectivity index (χ2v) is 6.23. The number of amides is 1. The third-order valence-corrected chi connectivity index (χ3v) is 4.77. The molecule has 1 amide bonds. The van der Waals surface area contributed by atoms with Gasteiger partial charge in [-0.25, -0.2) is 0 Å². The lowest BCUT2D eigenvalue weighted by Gasteiger charge is -2.18. The molecule has 1 aromatic carbocycles. The number of carboxylic acids is 1. The van der Waals surface area contributed by atoms with Crippen molar-refractivity contribution in [3.05, 3.63) is 48.0 Å². The van der Waals surface area contributed by atoms with Gasteiger partial charge in [0.15, 0.2) is 0 Å². The largest absolute Gasteiger partial charge is 0.481 e. The quantitative estimate of drug-likeness (QED) is 0.870. The molecular weight excluding hydrogens is 278 g/mol. The summed E-state index contributed by atoms with van der Waals surface area (Å²) in [5.74, 6) is -1.02. The molecule has 1 aliphatic heterocycles. The molecule has 0 radical (unpaired) electrons. The number of aliphatic carboxylic acids is 1. The van der Waals surface area contributed by atoms with Crippen molar-refractivity contribution in [1.82, 2.24) is 4.90 Å². The van der Waals surface area contributed by atoms with E-state index in [0.717, 1.165) is 18.4 Å². The molecule has 1 heterocycles. The number of nitrogens with zero attached hydrogens (tertiary/aromatic N) is 1. The SMILES string of the molecule is O=C(O)[C@@H]1CN(C(=O)CC2C=CCC2)C[C@@H]1c1ccccc1. The van der Waals surface area contributed by atoms with E-state index in [1.165, 1.54) is 0 Å². The number of carbonyl (C=O) groups excluding carboxylic acids is 1. The molecule has 0 spiro atoms. The van der Waals surface area contributed by atoms with Gasteiger partial charge in [0.05, 0.1) is 5.92 Å². The van der Waals surface area contributed by atoms with Crippen LogP contribution in [0, 0.1) is 11.8 Å². The van der Waals surface area contributed by atoms with Crippen LogP contribution in [-0.4, -0.2) is 35.0 Å². The predicted octanol–water partition coefficient (Wildman–Crippen LogP) is 2.67. The minimum atomic E-state index is -0.815. The minimum absolute atomic E-state index is 0.0845. The fourth-order valence-corrected chi connectivity index (χ4v) is 3.51. The van der Waals surface area contributed by atoms with Gasteiger partial charge in [-0.2, -0.15) is 0 Å². The van der Waals surface area contributed by atoms with Gasteiger partial charge in [-0.3, -0.25) is 9.59 Å². The number of benzene rings is 1. The Morgan fingerprint density at radius 2 is 1.95 bits per heavy atom. The van der Waals surface area contributed by atoms with Crippen LogP contribution >= 0.6 is 0 Å². The molecule has 1 aromatic rings. The van der Waals surface area contributed by atoms with Crippen molar-refractivity contribution in [2.75, 3.05) is 13.1 Å². The van der Waals surface area contributed by atoms with E-state index >= 15 is 0 Å². The Morgan fingerprint density at radius 3 is 2.59 bits per heavy atom. The van der Waals surface area contributed by atoms with Gasteiger partial charge < -0.3 is 10.0 Å². The zero-order valence-electron chi connectivity index (χ0n) is 12.5. The van der Waals surface area contributed by atoms with E-state index in [-0.39, 0.29) is 11.8 Å². The number of allylic oxidation sites excluding steroid dienone is 2. The van der Waals surface area contributed by atoms with Crippen LogP contribution in [0.1, 0.15) is 30.7 Å². The van der Waals surface area contributed by atoms with Crippen molar-refractivity contribution in [2.24, 2.45) is 11.8 Å². The molecule has 2 aliphatic rings. The molecule has 4 heteroatoms. The Morgan fingerprint density at radius 1 is 1.18 bits per heavy atom. The number of hydrogen-bond donors (Lipinski definition) is 1. The predicted molar refractivity (Wildman–Crippen MR) is 83.4 cm³/mol. The van der Waals surface area contributed by atoms with Gasteiger partial charge >= 0.3 is 5.97 Å². The molecule has 1 N–H and O–H groups in total. The van der Waals surface area contributed by atoms with Crippen molar-refractivity contribution in [2.45, 2.75) is 25.2 Å². The highest BCUT2D eigenvalue weighted by atomic mass is 16.4. The van der Waals surface area contributed by atoms with Crippen molar-refractivity contribution < 1.29 is 14.7 Å². The molecule has 3 atom stereocenters. The van der Waals surface area contributed by atoms with Crippen molar-refractivity contribution in [3.63, 3.8) is 0 Å². The zero-order valence-corrected chi connectivity index (χ0v) is 12.5. The van der Waals surface area contributed by atoms with Crippen molar-refractivity contribution >= 4 is 11.9 Å². The molecule has 1 aliphatic carbocycles. The molecular formula is C18H21NO3. The van der Waals surface area contributed by atoms with Crippen LogP contribution in [0.25, 0.3) is 0 Å². The molecule has 0 saturated carbocycles. The molecule has 1 saturated heterocycles. The number of hydrogen-bond acceptors (Lipinski definition) is 2. The smallest absolute Gasteiger partial charge is 0.308 e. The lowest BCUT2D eigenvalue weighted by Crippen LogP contribution is -2.30. The monoisotopic (exact) mass is 299 g/mol. The molecule has 4 nitrogen and oxygen atoms in total.